The van der Waals surface area contributed by atoms with Crippen LogP contribution < -0.4 is 0 Å². The number of carbonyl (C=O) groups is 1. The van der Waals surface area contributed by atoms with Gasteiger partial charge in [-0.15, -0.1) is 0 Å². The highest BCUT2D eigenvalue weighted by atomic mass is 16.5. The molecular formula is C17H32O2. The minimum Gasteiger partial charge on any atom is -0.466 e. The summed E-state index contributed by atoms with van der Waals surface area (Å²) in [6, 6.07) is 0. The molecule has 0 N–H and O–H groups in total. The molecule has 0 aliphatic carbocycles. The Labute approximate surface area is 119 Å². The average Bonchev–Trinajstić information content (AvgIpc) is 2.40. The van der Waals surface area contributed by atoms with Crippen molar-refractivity contribution in [3.05, 3.63) is 12.2 Å². The first kappa shape index (κ1) is 18.2. The Morgan fingerprint density at radius 1 is 0.842 bits per heavy atom. The Kier molecular flexibility index (Phi) is 14.6. The molecule has 0 unspecified atom stereocenters. The van der Waals surface area contributed by atoms with Gasteiger partial charge in [-0.25, -0.2) is 0 Å². The van der Waals surface area contributed by atoms with E-state index in [4.69, 9.17) is 4.74 Å². The summed E-state index contributed by atoms with van der Waals surface area (Å²) in [5, 5.41) is 0. The molecule has 2 heteroatoms. The first-order valence-electron chi connectivity index (χ1n) is 8.11. The maximum atomic E-state index is 11.1. The van der Waals surface area contributed by atoms with Crippen molar-refractivity contribution in [1.82, 2.24) is 0 Å². The van der Waals surface area contributed by atoms with Crippen molar-refractivity contribution in [2.75, 3.05) is 6.61 Å². The summed E-state index contributed by atoms with van der Waals surface area (Å²) in [5.74, 6) is -0.0440. The minimum absolute atomic E-state index is 0.0440. The smallest absolute Gasteiger partial charge is 0.305 e. The van der Waals surface area contributed by atoms with E-state index in [1.54, 1.807) is 0 Å². The number of rotatable bonds is 13. The molecule has 0 aliphatic heterocycles. The number of carbonyl (C=O) groups excluding carboxylic acids is 1. The Morgan fingerprint density at radius 3 is 2.05 bits per heavy atom. The van der Waals surface area contributed by atoms with Gasteiger partial charge in [0.2, 0.25) is 0 Å². The molecule has 0 heterocycles. The van der Waals surface area contributed by atoms with Crippen molar-refractivity contribution in [3.63, 3.8) is 0 Å². The zero-order chi connectivity index (χ0) is 14.2. The van der Waals surface area contributed by atoms with Gasteiger partial charge in [-0.1, -0.05) is 51.2 Å². The van der Waals surface area contributed by atoms with Gasteiger partial charge in [0.25, 0.3) is 0 Å². The molecule has 0 bridgehead atoms. The molecule has 112 valence electrons. The first-order chi connectivity index (χ1) is 9.31. The highest BCUT2D eigenvalue weighted by Gasteiger charge is 2.00. The van der Waals surface area contributed by atoms with Crippen LogP contribution in [0.5, 0.6) is 0 Å². The average molecular weight is 268 g/mol. The largest absolute Gasteiger partial charge is 0.466 e. The molecule has 2 nitrogen and oxygen atoms in total. The molecule has 0 aromatic heterocycles. The lowest BCUT2D eigenvalue weighted by molar-refractivity contribution is -0.143. The fourth-order valence-electron chi connectivity index (χ4n) is 2.04. The maximum Gasteiger partial charge on any atom is 0.305 e. The van der Waals surface area contributed by atoms with Crippen LogP contribution in [0, 0.1) is 0 Å². The van der Waals surface area contributed by atoms with E-state index in [9.17, 15) is 4.79 Å². The third-order valence-corrected chi connectivity index (χ3v) is 3.20. The van der Waals surface area contributed by atoms with Crippen LogP contribution >= 0.6 is 0 Å². The van der Waals surface area contributed by atoms with E-state index in [0.717, 1.165) is 12.8 Å². The zero-order valence-electron chi connectivity index (χ0n) is 13.0. The van der Waals surface area contributed by atoms with Crippen molar-refractivity contribution in [1.29, 1.82) is 0 Å². The minimum atomic E-state index is -0.0440. The van der Waals surface area contributed by atoms with Gasteiger partial charge in [0.15, 0.2) is 0 Å². The van der Waals surface area contributed by atoms with E-state index >= 15 is 0 Å². The third kappa shape index (κ3) is 15.2. The van der Waals surface area contributed by atoms with E-state index < -0.39 is 0 Å². The molecule has 0 aliphatic rings. The molecule has 0 spiro atoms. The quantitative estimate of drug-likeness (QED) is 0.253. The monoisotopic (exact) mass is 268 g/mol. The molecule has 0 saturated carbocycles. The van der Waals surface area contributed by atoms with Gasteiger partial charge in [0, 0.05) is 6.42 Å². The van der Waals surface area contributed by atoms with Gasteiger partial charge < -0.3 is 4.74 Å². The van der Waals surface area contributed by atoms with Crippen molar-refractivity contribution >= 4 is 5.97 Å². The Bertz CT molecular complexity index is 221. The second kappa shape index (κ2) is 15.3. The summed E-state index contributed by atoms with van der Waals surface area (Å²) in [7, 11) is 0. The summed E-state index contributed by atoms with van der Waals surface area (Å²) in [5.41, 5.74) is 0. The summed E-state index contributed by atoms with van der Waals surface area (Å²) < 4.78 is 4.89. The molecule has 0 aromatic carbocycles. The molecular weight excluding hydrogens is 236 g/mol. The Morgan fingerprint density at radius 2 is 1.42 bits per heavy atom. The SMILES string of the molecule is CCCCC/C=C/CCCCCCCC(=O)OCC. The van der Waals surface area contributed by atoms with Gasteiger partial charge in [-0.2, -0.15) is 0 Å². The fraction of sp³-hybridized carbons (Fsp3) is 0.824. The van der Waals surface area contributed by atoms with E-state index in [2.05, 4.69) is 19.1 Å². The third-order valence-electron chi connectivity index (χ3n) is 3.20. The molecule has 0 rings (SSSR count). The predicted octanol–water partition coefficient (Wildman–Crippen LogP) is 5.42. The van der Waals surface area contributed by atoms with Gasteiger partial charge >= 0.3 is 5.97 Å². The van der Waals surface area contributed by atoms with Crippen LogP contribution in [0.15, 0.2) is 12.2 Å². The molecule has 0 radical (unpaired) electrons. The number of hydrogen-bond donors (Lipinski definition) is 0. The molecule has 0 saturated heterocycles. The normalized spacial score (nSPS) is 11.1. The molecule has 0 amide bonds. The lowest BCUT2D eigenvalue weighted by Gasteiger charge is -2.01. The van der Waals surface area contributed by atoms with Crippen LogP contribution in [0.1, 0.15) is 84.5 Å². The maximum absolute atomic E-state index is 11.1. The van der Waals surface area contributed by atoms with Crippen LogP contribution in [-0.2, 0) is 9.53 Å². The zero-order valence-corrected chi connectivity index (χ0v) is 13.0. The molecule has 0 fully saturated rings. The van der Waals surface area contributed by atoms with E-state index in [0.29, 0.717) is 13.0 Å². The summed E-state index contributed by atoms with van der Waals surface area (Å²) in [6.45, 7) is 4.60. The van der Waals surface area contributed by atoms with E-state index in [1.807, 2.05) is 6.92 Å². The first-order valence-corrected chi connectivity index (χ1v) is 8.11. The van der Waals surface area contributed by atoms with Crippen LogP contribution in [0.25, 0.3) is 0 Å². The van der Waals surface area contributed by atoms with Crippen LogP contribution in [-0.4, -0.2) is 12.6 Å². The summed E-state index contributed by atoms with van der Waals surface area (Å²) in [4.78, 5) is 11.1. The highest BCUT2D eigenvalue weighted by Crippen LogP contribution is 2.08. The van der Waals surface area contributed by atoms with E-state index in [1.165, 1.54) is 51.4 Å². The van der Waals surface area contributed by atoms with E-state index in [-0.39, 0.29) is 5.97 Å². The number of esters is 1. The van der Waals surface area contributed by atoms with Crippen molar-refractivity contribution in [3.8, 4) is 0 Å². The summed E-state index contributed by atoms with van der Waals surface area (Å²) in [6.07, 6.45) is 17.6. The second-order valence-corrected chi connectivity index (χ2v) is 5.08. The predicted molar refractivity (Wildman–Crippen MR) is 82.2 cm³/mol. The van der Waals surface area contributed by atoms with Gasteiger partial charge in [0.1, 0.15) is 0 Å². The second-order valence-electron chi connectivity index (χ2n) is 5.08. The Hall–Kier alpha value is -0.790. The molecule has 19 heavy (non-hydrogen) atoms. The topological polar surface area (TPSA) is 26.3 Å². The van der Waals surface area contributed by atoms with Gasteiger partial charge in [-0.3, -0.25) is 4.79 Å². The lowest BCUT2D eigenvalue weighted by atomic mass is 10.1. The molecule has 0 atom stereocenters. The summed E-state index contributed by atoms with van der Waals surface area (Å²) >= 11 is 0. The van der Waals surface area contributed by atoms with Crippen molar-refractivity contribution in [2.24, 2.45) is 0 Å². The fourth-order valence-corrected chi connectivity index (χ4v) is 2.04. The number of hydrogen-bond acceptors (Lipinski definition) is 2. The van der Waals surface area contributed by atoms with Crippen LogP contribution in [0.2, 0.25) is 0 Å². The standard InChI is InChI=1S/C17H32O2/c1-3-5-6-7-8-9-10-11-12-13-14-15-16-17(18)19-4-2/h8-9H,3-7,10-16H2,1-2H3/b9-8+. The number of unbranched alkanes of at least 4 members (excludes halogenated alkanes) is 8. The van der Waals surface area contributed by atoms with Gasteiger partial charge in [-0.05, 0) is 39.0 Å². The van der Waals surface area contributed by atoms with Crippen LogP contribution in [0.3, 0.4) is 0 Å². The number of allylic oxidation sites excluding steroid dienone is 2. The lowest BCUT2D eigenvalue weighted by Crippen LogP contribution is -2.03. The van der Waals surface area contributed by atoms with Crippen molar-refractivity contribution in [2.45, 2.75) is 84.5 Å². The molecule has 0 aromatic rings. The Balaban J connectivity index is 3.12. The highest BCUT2D eigenvalue weighted by molar-refractivity contribution is 5.69. The van der Waals surface area contributed by atoms with Crippen LogP contribution in [0.4, 0.5) is 0 Å². The van der Waals surface area contributed by atoms with Crippen molar-refractivity contribution < 1.29 is 9.53 Å². The number of ether oxygens (including phenoxy) is 1. The van der Waals surface area contributed by atoms with Gasteiger partial charge in [0.05, 0.1) is 6.61 Å².